The molecule has 0 aliphatic carbocycles. The number of ether oxygens (including phenoxy) is 1. The van der Waals surface area contributed by atoms with Crippen molar-refractivity contribution in [3.05, 3.63) is 59.2 Å². The highest BCUT2D eigenvalue weighted by molar-refractivity contribution is 7.91. The van der Waals surface area contributed by atoms with Gasteiger partial charge in [0.25, 0.3) is 0 Å². The fourth-order valence-corrected chi connectivity index (χ4v) is 4.06. The highest BCUT2D eigenvalue weighted by Gasteiger charge is 2.23. The quantitative estimate of drug-likeness (QED) is 0.714. The van der Waals surface area contributed by atoms with E-state index in [1.807, 2.05) is 6.07 Å². The van der Waals surface area contributed by atoms with Gasteiger partial charge in [0.1, 0.15) is 10.6 Å². The molecule has 0 radical (unpaired) electrons. The van der Waals surface area contributed by atoms with Crippen molar-refractivity contribution < 1.29 is 13.2 Å². The second kappa shape index (κ2) is 6.11. The van der Waals surface area contributed by atoms with Gasteiger partial charge in [0.2, 0.25) is 9.84 Å². The van der Waals surface area contributed by atoms with Crippen molar-refractivity contribution in [2.24, 2.45) is 0 Å². The molecular weight excluding hydrogens is 348 g/mol. The zero-order valence-corrected chi connectivity index (χ0v) is 14.1. The van der Waals surface area contributed by atoms with E-state index in [1.165, 1.54) is 37.6 Å². The SMILES string of the molecule is COc1ccc2ncc(S(=O)(=O)c3ccc(C#N)cc3)c(Cl)c2c1. The molecule has 0 bridgehead atoms. The molecule has 7 heteroatoms. The molecule has 0 amide bonds. The molecule has 3 rings (SSSR count). The van der Waals surface area contributed by atoms with Crippen molar-refractivity contribution in [1.29, 1.82) is 5.26 Å². The van der Waals surface area contributed by atoms with Gasteiger partial charge < -0.3 is 4.74 Å². The van der Waals surface area contributed by atoms with Gasteiger partial charge in [-0.1, -0.05) is 11.6 Å². The lowest BCUT2D eigenvalue weighted by molar-refractivity contribution is 0.415. The lowest BCUT2D eigenvalue weighted by Crippen LogP contribution is -2.04. The first-order valence-electron chi connectivity index (χ1n) is 6.85. The van der Waals surface area contributed by atoms with Crippen LogP contribution >= 0.6 is 11.6 Å². The molecule has 0 spiro atoms. The Bertz CT molecular complexity index is 1070. The minimum absolute atomic E-state index is 0.0486. The van der Waals surface area contributed by atoms with E-state index >= 15 is 0 Å². The predicted molar refractivity (Wildman–Crippen MR) is 89.9 cm³/mol. The molecular formula is C17H11ClN2O3S. The number of nitriles is 1. The Morgan fingerprint density at radius 1 is 1.17 bits per heavy atom. The van der Waals surface area contributed by atoms with Gasteiger partial charge >= 0.3 is 0 Å². The Labute approximate surface area is 144 Å². The van der Waals surface area contributed by atoms with Crippen LogP contribution in [-0.2, 0) is 9.84 Å². The monoisotopic (exact) mass is 358 g/mol. The van der Waals surface area contributed by atoms with E-state index in [0.717, 1.165) is 0 Å². The topological polar surface area (TPSA) is 80.0 Å². The normalized spacial score (nSPS) is 11.2. The second-order valence-electron chi connectivity index (χ2n) is 4.96. The molecule has 24 heavy (non-hydrogen) atoms. The molecule has 0 unspecified atom stereocenters. The lowest BCUT2D eigenvalue weighted by Gasteiger charge is -2.09. The first-order chi connectivity index (χ1) is 11.5. The first-order valence-corrected chi connectivity index (χ1v) is 8.71. The summed E-state index contributed by atoms with van der Waals surface area (Å²) in [5.74, 6) is 0.555. The highest BCUT2D eigenvalue weighted by Crippen LogP contribution is 2.34. The van der Waals surface area contributed by atoms with E-state index in [1.54, 1.807) is 18.2 Å². The average molecular weight is 359 g/mol. The molecule has 5 nitrogen and oxygen atoms in total. The van der Waals surface area contributed by atoms with Crippen LogP contribution in [0.5, 0.6) is 5.75 Å². The van der Waals surface area contributed by atoms with Crippen LogP contribution in [0.15, 0.2) is 58.5 Å². The summed E-state index contributed by atoms with van der Waals surface area (Å²) >= 11 is 6.34. The number of aromatic nitrogens is 1. The van der Waals surface area contributed by atoms with E-state index in [0.29, 0.717) is 22.2 Å². The number of pyridine rings is 1. The zero-order chi connectivity index (χ0) is 17.3. The number of rotatable bonds is 3. The van der Waals surface area contributed by atoms with Crippen molar-refractivity contribution >= 4 is 32.3 Å². The summed E-state index contributed by atoms with van der Waals surface area (Å²) in [4.78, 5) is 4.13. The summed E-state index contributed by atoms with van der Waals surface area (Å²) in [7, 11) is -2.34. The Kier molecular flexibility index (Phi) is 4.14. The van der Waals surface area contributed by atoms with E-state index in [2.05, 4.69) is 4.98 Å². The Morgan fingerprint density at radius 3 is 2.50 bits per heavy atom. The van der Waals surface area contributed by atoms with Crippen LogP contribution in [0.2, 0.25) is 5.02 Å². The van der Waals surface area contributed by atoms with Gasteiger partial charge in [-0.2, -0.15) is 5.26 Å². The standard InChI is InChI=1S/C17H11ClN2O3S/c1-23-12-4-7-15-14(8-12)17(18)16(10-20-15)24(21,22)13-5-2-11(9-19)3-6-13/h2-8,10H,1H3. The highest BCUT2D eigenvalue weighted by atomic mass is 35.5. The van der Waals surface area contributed by atoms with Gasteiger partial charge in [0, 0.05) is 11.6 Å². The second-order valence-corrected chi connectivity index (χ2v) is 7.26. The fraction of sp³-hybridized carbons (Fsp3) is 0.0588. The van der Waals surface area contributed by atoms with E-state index < -0.39 is 9.84 Å². The van der Waals surface area contributed by atoms with Crippen molar-refractivity contribution in [3.63, 3.8) is 0 Å². The third kappa shape index (κ3) is 2.68. The van der Waals surface area contributed by atoms with Crippen LogP contribution in [0.1, 0.15) is 5.56 Å². The molecule has 0 aliphatic heterocycles. The van der Waals surface area contributed by atoms with Gasteiger partial charge in [0.05, 0.1) is 34.2 Å². The average Bonchev–Trinajstić information content (AvgIpc) is 2.61. The zero-order valence-electron chi connectivity index (χ0n) is 12.5. The largest absolute Gasteiger partial charge is 0.497 e. The predicted octanol–water partition coefficient (Wildman–Crippen LogP) is 3.60. The number of hydrogen-bond acceptors (Lipinski definition) is 5. The van der Waals surface area contributed by atoms with E-state index in [9.17, 15) is 8.42 Å². The Morgan fingerprint density at radius 2 is 1.88 bits per heavy atom. The maximum atomic E-state index is 12.8. The lowest BCUT2D eigenvalue weighted by atomic mass is 10.2. The van der Waals surface area contributed by atoms with E-state index in [4.69, 9.17) is 21.6 Å². The van der Waals surface area contributed by atoms with Crippen LogP contribution in [0.4, 0.5) is 0 Å². The number of sulfone groups is 1. The molecule has 0 N–H and O–H groups in total. The van der Waals surface area contributed by atoms with Crippen molar-refractivity contribution in [2.75, 3.05) is 7.11 Å². The van der Waals surface area contributed by atoms with E-state index in [-0.39, 0.29) is 14.8 Å². The number of halogens is 1. The van der Waals surface area contributed by atoms with Crippen molar-refractivity contribution in [1.82, 2.24) is 4.98 Å². The summed E-state index contributed by atoms with van der Waals surface area (Å²) in [6, 6.07) is 12.7. The van der Waals surface area contributed by atoms with Crippen molar-refractivity contribution in [2.45, 2.75) is 9.79 Å². The third-order valence-corrected chi connectivity index (χ3v) is 5.86. The van der Waals surface area contributed by atoms with Crippen LogP contribution in [0, 0.1) is 11.3 Å². The summed E-state index contributed by atoms with van der Waals surface area (Å²) < 4.78 is 30.8. The first kappa shape index (κ1) is 16.2. The van der Waals surface area contributed by atoms with Gasteiger partial charge in [-0.3, -0.25) is 4.98 Å². The summed E-state index contributed by atoms with van der Waals surface area (Å²) in [6.07, 6.45) is 1.24. The molecule has 3 aromatic rings. The molecule has 0 atom stereocenters. The number of benzene rings is 2. The van der Waals surface area contributed by atoms with Gasteiger partial charge in [-0.25, -0.2) is 8.42 Å². The van der Waals surface area contributed by atoms with Gasteiger partial charge in [0.15, 0.2) is 0 Å². The number of nitrogens with zero attached hydrogens (tertiary/aromatic N) is 2. The summed E-state index contributed by atoms with van der Waals surface area (Å²) in [5, 5.41) is 9.40. The number of hydrogen-bond donors (Lipinski definition) is 0. The number of methoxy groups -OCH3 is 1. The molecule has 0 aliphatic rings. The van der Waals surface area contributed by atoms with Crippen LogP contribution in [0.3, 0.4) is 0 Å². The smallest absolute Gasteiger partial charge is 0.209 e. The van der Waals surface area contributed by atoms with Crippen LogP contribution in [0.25, 0.3) is 10.9 Å². The van der Waals surface area contributed by atoms with Gasteiger partial charge in [-0.05, 0) is 42.5 Å². The Hall–Kier alpha value is -2.62. The summed E-state index contributed by atoms with van der Waals surface area (Å²) in [5.41, 5.74) is 0.945. The fourth-order valence-electron chi connectivity index (χ4n) is 2.27. The number of fused-ring (bicyclic) bond motifs is 1. The maximum Gasteiger partial charge on any atom is 0.209 e. The van der Waals surface area contributed by atoms with Crippen LogP contribution < -0.4 is 4.74 Å². The Balaban J connectivity index is 2.20. The molecule has 0 saturated heterocycles. The maximum absolute atomic E-state index is 12.8. The molecule has 1 heterocycles. The van der Waals surface area contributed by atoms with Gasteiger partial charge in [-0.15, -0.1) is 0 Å². The minimum atomic E-state index is -3.85. The minimum Gasteiger partial charge on any atom is -0.497 e. The van der Waals surface area contributed by atoms with Crippen LogP contribution in [-0.4, -0.2) is 20.5 Å². The molecule has 1 aromatic heterocycles. The molecule has 0 saturated carbocycles. The third-order valence-electron chi connectivity index (χ3n) is 3.56. The van der Waals surface area contributed by atoms with Crippen molar-refractivity contribution in [3.8, 4) is 11.8 Å². The molecule has 120 valence electrons. The summed E-state index contributed by atoms with van der Waals surface area (Å²) in [6.45, 7) is 0. The molecule has 0 fully saturated rings. The molecule has 2 aromatic carbocycles.